The Balaban J connectivity index is 0.00000196. The molecule has 0 unspecified atom stereocenters. The van der Waals surface area contributed by atoms with Gasteiger partial charge in [0, 0.05) is 34.7 Å². The molecule has 1 fully saturated rings. The molecule has 3 aromatic carbocycles. The highest BCUT2D eigenvalue weighted by Crippen LogP contribution is 2.11. The van der Waals surface area contributed by atoms with Gasteiger partial charge in [-0.3, -0.25) is 4.90 Å². The van der Waals surface area contributed by atoms with Crippen molar-refractivity contribution in [1.29, 1.82) is 0 Å². The van der Waals surface area contributed by atoms with Crippen LogP contribution in [0.4, 0.5) is 0 Å². The molecule has 0 spiro atoms. The number of benzene rings is 3. The number of hydrogen-bond acceptors (Lipinski definition) is 2. The van der Waals surface area contributed by atoms with Crippen molar-refractivity contribution >= 4 is 32.3 Å². The van der Waals surface area contributed by atoms with Gasteiger partial charge in [0.1, 0.15) is 0 Å². The van der Waals surface area contributed by atoms with Gasteiger partial charge in [0.15, 0.2) is 0 Å². The van der Waals surface area contributed by atoms with Crippen molar-refractivity contribution in [2.45, 2.75) is 0 Å². The highest BCUT2D eigenvalue weighted by Gasteiger charge is 2.41. The lowest BCUT2D eigenvalue weighted by Crippen LogP contribution is -2.69. The van der Waals surface area contributed by atoms with Crippen molar-refractivity contribution < 1.29 is 4.43 Å². The largest absolute Gasteiger partial charge is 0.403 e. The zero-order valence-electron chi connectivity index (χ0n) is 14.9. The van der Waals surface area contributed by atoms with Crippen molar-refractivity contribution in [2.75, 3.05) is 26.2 Å². The first-order chi connectivity index (χ1) is 12.4. The van der Waals surface area contributed by atoms with Crippen molar-refractivity contribution in [1.82, 2.24) is 4.90 Å². The first kappa shape index (κ1) is 18.6. The molecule has 2 nitrogen and oxygen atoms in total. The van der Waals surface area contributed by atoms with Gasteiger partial charge in [-0.15, -0.1) is 0 Å². The molecule has 3 aromatic rings. The van der Waals surface area contributed by atoms with Gasteiger partial charge in [-0.2, -0.15) is 0 Å². The molecule has 0 saturated carbocycles. The Morgan fingerprint density at radius 3 is 1.38 bits per heavy atom. The second kappa shape index (κ2) is 8.50. The highest BCUT2D eigenvalue weighted by molar-refractivity contribution is 7.07. The summed E-state index contributed by atoms with van der Waals surface area (Å²) < 4.78 is 6.84. The molecule has 3 radical (unpaired) electrons. The van der Waals surface area contributed by atoms with Gasteiger partial charge in [0.25, 0.3) is 8.32 Å². The fourth-order valence-electron chi connectivity index (χ4n) is 3.39. The first-order valence-electron chi connectivity index (χ1n) is 8.92. The summed E-state index contributed by atoms with van der Waals surface area (Å²) in [5.41, 5.74) is 0. The first-order valence-corrected chi connectivity index (χ1v) is 10.8. The second-order valence-corrected chi connectivity index (χ2v) is 9.85. The summed E-state index contributed by atoms with van der Waals surface area (Å²) in [5.74, 6) is 0. The van der Waals surface area contributed by atoms with E-state index in [1.54, 1.807) is 0 Å². The van der Waals surface area contributed by atoms with Crippen LogP contribution in [0.2, 0.25) is 0 Å². The minimum atomic E-state index is -2.49. The van der Waals surface area contributed by atoms with Crippen LogP contribution in [0.25, 0.3) is 0 Å². The van der Waals surface area contributed by atoms with Crippen molar-refractivity contribution in [2.24, 2.45) is 0 Å². The molecule has 1 aliphatic heterocycles. The molecule has 4 rings (SSSR count). The van der Waals surface area contributed by atoms with Gasteiger partial charge in [-0.05, 0) is 15.6 Å². The summed E-state index contributed by atoms with van der Waals surface area (Å²) in [6, 6.07) is 32.3. The minimum Gasteiger partial charge on any atom is -0.403 e. The molecule has 1 aliphatic rings. The molecule has 1 saturated heterocycles. The molecule has 0 amide bonds. The summed E-state index contributed by atoms with van der Waals surface area (Å²) in [5, 5.41) is 3.91. The SMILES string of the molecule is [B].c1ccc([Si](OCCN2CC2)(c2ccccc2)c2ccccc2)cc1. The van der Waals surface area contributed by atoms with Crippen LogP contribution in [0.3, 0.4) is 0 Å². The highest BCUT2D eigenvalue weighted by atomic mass is 28.4. The smallest absolute Gasteiger partial charge is 0.288 e. The maximum atomic E-state index is 6.84. The standard InChI is InChI=1S/C22H23NOSi.B/c1-4-10-20(11-5-1)25(21-12-6-2-7-13-21,22-14-8-3-9-15-22)24-19-18-23-16-17-23;/h1-15H,16-19H2;. The third kappa shape index (κ3) is 3.83. The summed E-state index contributed by atoms with van der Waals surface area (Å²) in [7, 11) is -2.49. The zero-order chi connectivity index (χ0) is 17.0. The van der Waals surface area contributed by atoms with Crippen LogP contribution in [0.1, 0.15) is 0 Å². The molecule has 129 valence electrons. The molecule has 4 heteroatoms. The van der Waals surface area contributed by atoms with Crippen LogP contribution >= 0.6 is 0 Å². The van der Waals surface area contributed by atoms with Gasteiger partial charge in [-0.25, -0.2) is 0 Å². The van der Waals surface area contributed by atoms with E-state index in [0.29, 0.717) is 0 Å². The summed E-state index contributed by atoms with van der Waals surface area (Å²) in [6.45, 7) is 4.20. The summed E-state index contributed by atoms with van der Waals surface area (Å²) >= 11 is 0. The molecule has 0 atom stereocenters. The van der Waals surface area contributed by atoms with Crippen LogP contribution in [0.5, 0.6) is 0 Å². The summed E-state index contributed by atoms with van der Waals surface area (Å²) in [6.07, 6.45) is 0. The van der Waals surface area contributed by atoms with E-state index < -0.39 is 8.32 Å². The Labute approximate surface area is 159 Å². The van der Waals surface area contributed by atoms with Crippen LogP contribution < -0.4 is 15.6 Å². The fourth-order valence-corrected chi connectivity index (χ4v) is 7.27. The lowest BCUT2D eigenvalue weighted by molar-refractivity contribution is 0.296. The molecular formula is C22H23BNOSi. The molecular weight excluding hydrogens is 333 g/mol. The lowest BCUT2D eigenvalue weighted by atomic mass is 10.3. The van der Waals surface area contributed by atoms with Gasteiger partial charge in [-0.1, -0.05) is 91.0 Å². The summed E-state index contributed by atoms with van der Waals surface area (Å²) in [4.78, 5) is 2.42. The maximum Gasteiger partial charge on any atom is 0.288 e. The number of hydrogen-bond donors (Lipinski definition) is 0. The van der Waals surface area contributed by atoms with E-state index in [1.165, 1.54) is 28.6 Å². The Bertz CT molecular complexity index is 697. The van der Waals surface area contributed by atoms with E-state index in [2.05, 4.69) is 95.9 Å². The fraction of sp³-hybridized carbons (Fsp3) is 0.182. The Morgan fingerprint density at radius 2 is 1.04 bits per heavy atom. The van der Waals surface area contributed by atoms with E-state index in [1.807, 2.05) is 0 Å². The van der Waals surface area contributed by atoms with Crippen molar-refractivity contribution in [3.63, 3.8) is 0 Å². The predicted molar refractivity (Wildman–Crippen MR) is 112 cm³/mol. The lowest BCUT2D eigenvalue weighted by Gasteiger charge is -2.33. The zero-order valence-corrected chi connectivity index (χ0v) is 15.9. The molecule has 0 N–H and O–H groups in total. The quantitative estimate of drug-likeness (QED) is 0.362. The van der Waals surface area contributed by atoms with Crippen LogP contribution in [0, 0.1) is 0 Å². The Kier molecular flexibility index (Phi) is 6.09. The number of rotatable bonds is 7. The average Bonchev–Trinajstić information content (AvgIpc) is 3.52. The van der Waals surface area contributed by atoms with Crippen molar-refractivity contribution in [3.8, 4) is 0 Å². The van der Waals surface area contributed by atoms with Crippen molar-refractivity contribution in [3.05, 3.63) is 91.0 Å². The van der Waals surface area contributed by atoms with Gasteiger partial charge in [0.05, 0.1) is 0 Å². The minimum absolute atomic E-state index is 0. The normalized spacial score (nSPS) is 13.8. The molecule has 0 bridgehead atoms. The third-order valence-electron chi connectivity index (χ3n) is 4.81. The van der Waals surface area contributed by atoms with E-state index in [9.17, 15) is 0 Å². The topological polar surface area (TPSA) is 12.2 Å². The molecule has 1 heterocycles. The third-order valence-corrected chi connectivity index (χ3v) is 8.88. The Morgan fingerprint density at radius 1 is 0.654 bits per heavy atom. The second-order valence-electron chi connectivity index (χ2n) is 6.47. The average molecular weight is 356 g/mol. The van der Waals surface area contributed by atoms with Crippen LogP contribution in [-0.4, -0.2) is 47.9 Å². The Hall–Kier alpha value is -2.14. The van der Waals surface area contributed by atoms with E-state index in [0.717, 1.165) is 13.2 Å². The van der Waals surface area contributed by atoms with Gasteiger partial charge < -0.3 is 4.43 Å². The van der Waals surface area contributed by atoms with Crippen LogP contribution in [0.15, 0.2) is 91.0 Å². The monoisotopic (exact) mass is 356 g/mol. The number of nitrogens with zero attached hydrogens (tertiary/aromatic N) is 1. The van der Waals surface area contributed by atoms with Gasteiger partial charge in [0.2, 0.25) is 0 Å². The van der Waals surface area contributed by atoms with E-state index >= 15 is 0 Å². The van der Waals surface area contributed by atoms with Crippen LogP contribution in [-0.2, 0) is 4.43 Å². The maximum absolute atomic E-state index is 6.84. The molecule has 26 heavy (non-hydrogen) atoms. The van der Waals surface area contributed by atoms with E-state index in [4.69, 9.17) is 4.43 Å². The predicted octanol–water partition coefficient (Wildman–Crippen LogP) is 1.60. The molecule has 0 aliphatic carbocycles. The molecule has 0 aromatic heterocycles. The van der Waals surface area contributed by atoms with E-state index in [-0.39, 0.29) is 8.41 Å². The van der Waals surface area contributed by atoms with Gasteiger partial charge >= 0.3 is 0 Å².